The summed E-state index contributed by atoms with van der Waals surface area (Å²) in [6, 6.07) is 5.43. The van der Waals surface area contributed by atoms with E-state index in [1.54, 1.807) is 12.2 Å². The lowest BCUT2D eigenvalue weighted by Gasteiger charge is -2.19. The summed E-state index contributed by atoms with van der Waals surface area (Å²) in [7, 11) is 0. The monoisotopic (exact) mass is 395 g/mol. The van der Waals surface area contributed by atoms with Crippen LogP contribution < -0.4 is 4.74 Å². The first kappa shape index (κ1) is 17.8. The Morgan fingerprint density at radius 1 is 1.43 bits per heavy atom. The topological polar surface area (TPSA) is 46.6 Å². The molecule has 6 heteroatoms. The summed E-state index contributed by atoms with van der Waals surface area (Å²) >= 11 is 4.43. The molecule has 1 aliphatic rings. The fraction of sp³-hybridized carbons (Fsp3) is 0.294. The summed E-state index contributed by atoms with van der Waals surface area (Å²) in [5, 5.41) is -0.208. The summed E-state index contributed by atoms with van der Waals surface area (Å²) in [5.41, 5.74) is 0.831. The quantitative estimate of drug-likeness (QED) is 0.510. The molecule has 0 aromatic heterocycles. The molecule has 2 rings (SSSR count). The maximum atomic E-state index is 12.4. The number of nitrogens with zero attached hydrogens (tertiary/aromatic N) is 1. The number of ether oxygens (including phenoxy) is 1. The van der Waals surface area contributed by atoms with Crippen LogP contribution in [0.2, 0.25) is 0 Å². The first-order valence-electron chi connectivity index (χ1n) is 7.28. The van der Waals surface area contributed by atoms with Gasteiger partial charge in [0.25, 0.3) is 11.1 Å². The SMILES string of the molecule is C=CCOc1ccc(/C=C2/SC(=O)N([C@@H](C)CC)C2=O)cc1Br. The van der Waals surface area contributed by atoms with Gasteiger partial charge in [-0.2, -0.15) is 0 Å². The molecule has 1 atom stereocenters. The molecule has 23 heavy (non-hydrogen) atoms. The second-order valence-electron chi connectivity index (χ2n) is 5.10. The molecule has 0 N–H and O–H groups in total. The zero-order chi connectivity index (χ0) is 17.0. The van der Waals surface area contributed by atoms with Gasteiger partial charge in [-0.1, -0.05) is 25.6 Å². The van der Waals surface area contributed by atoms with E-state index >= 15 is 0 Å². The zero-order valence-corrected chi connectivity index (χ0v) is 15.4. The minimum absolute atomic E-state index is 0.0881. The predicted molar refractivity (Wildman–Crippen MR) is 97.4 cm³/mol. The maximum Gasteiger partial charge on any atom is 0.293 e. The van der Waals surface area contributed by atoms with Crippen LogP contribution in [0.25, 0.3) is 6.08 Å². The Morgan fingerprint density at radius 2 is 2.17 bits per heavy atom. The standard InChI is InChI=1S/C17H18BrNO3S/c1-4-8-22-14-7-6-12(9-13(14)18)10-15-16(20)19(11(3)5-2)17(21)23-15/h4,6-7,9-11H,1,5,8H2,2-3H3/b15-10+/t11-/m0/s1. The minimum Gasteiger partial charge on any atom is -0.488 e. The van der Waals surface area contributed by atoms with Gasteiger partial charge in [0.15, 0.2) is 0 Å². The molecule has 1 aromatic rings. The Kier molecular flexibility index (Phi) is 6.07. The molecule has 0 spiro atoms. The molecule has 0 bridgehead atoms. The van der Waals surface area contributed by atoms with Gasteiger partial charge in [-0.3, -0.25) is 14.5 Å². The lowest BCUT2D eigenvalue weighted by atomic mass is 10.2. The van der Waals surface area contributed by atoms with Crippen LogP contribution in [0.5, 0.6) is 5.75 Å². The van der Waals surface area contributed by atoms with Gasteiger partial charge in [-0.15, -0.1) is 0 Å². The summed E-state index contributed by atoms with van der Waals surface area (Å²) in [6.45, 7) is 7.86. The van der Waals surface area contributed by atoms with Crippen LogP contribution in [0, 0.1) is 0 Å². The normalized spacial score (nSPS) is 17.7. The van der Waals surface area contributed by atoms with Crippen molar-refractivity contribution >= 4 is 44.9 Å². The Morgan fingerprint density at radius 3 is 2.78 bits per heavy atom. The highest BCUT2D eigenvalue weighted by molar-refractivity contribution is 9.10. The molecule has 0 aliphatic carbocycles. The van der Waals surface area contributed by atoms with E-state index in [4.69, 9.17) is 4.74 Å². The average molecular weight is 396 g/mol. The fourth-order valence-electron chi connectivity index (χ4n) is 2.07. The molecule has 1 aromatic carbocycles. The van der Waals surface area contributed by atoms with Gasteiger partial charge in [0.2, 0.25) is 0 Å². The third-order valence-corrected chi connectivity index (χ3v) is 4.97. The van der Waals surface area contributed by atoms with Crippen molar-refractivity contribution in [3.8, 4) is 5.75 Å². The molecule has 0 radical (unpaired) electrons. The van der Waals surface area contributed by atoms with Crippen LogP contribution >= 0.6 is 27.7 Å². The van der Waals surface area contributed by atoms with Gasteiger partial charge in [0.05, 0.1) is 9.38 Å². The van der Waals surface area contributed by atoms with Gasteiger partial charge in [0.1, 0.15) is 12.4 Å². The smallest absolute Gasteiger partial charge is 0.293 e. The van der Waals surface area contributed by atoms with E-state index in [9.17, 15) is 9.59 Å². The van der Waals surface area contributed by atoms with Crippen LogP contribution in [-0.4, -0.2) is 28.7 Å². The third kappa shape index (κ3) is 4.06. The minimum atomic E-state index is -0.225. The molecule has 4 nitrogen and oxygen atoms in total. The third-order valence-electron chi connectivity index (χ3n) is 3.47. The van der Waals surface area contributed by atoms with E-state index in [1.165, 1.54) is 4.90 Å². The van der Waals surface area contributed by atoms with E-state index in [2.05, 4.69) is 22.5 Å². The van der Waals surface area contributed by atoms with Crippen molar-refractivity contribution in [3.63, 3.8) is 0 Å². The van der Waals surface area contributed by atoms with Crippen LogP contribution in [-0.2, 0) is 4.79 Å². The molecular formula is C17H18BrNO3S. The van der Waals surface area contributed by atoms with Crippen LogP contribution in [0.1, 0.15) is 25.8 Å². The highest BCUT2D eigenvalue weighted by atomic mass is 79.9. The van der Waals surface area contributed by atoms with E-state index in [1.807, 2.05) is 32.0 Å². The molecule has 2 amide bonds. The van der Waals surface area contributed by atoms with Crippen molar-refractivity contribution in [3.05, 3.63) is 45.8 Å². The van der Waals surface area contributed by atoms with E-state index in [-0.39, 0.29) is 17.2 Å². The number of imide groups is 1. The number of thioether (sulfide) groups is 1. The Bertz CT molecular complexity index is 672. The Balaban J connectivity index is 2.22. The van der Waals surface area contributed by atoms with Gasteiger partial charge in [0, 0.05) is 6.04 Å². The van der Waals surface area contributed by atoms with Crippen molar-refractivity contribution in [2.24, 2.45) is 0 Å². The Hall–Kier alpha value is -1.53. The first-order valence-corrected chi connectivity index (χ1v) is 8.89. The molecule has 0 saturated carbocycles. The molecule has 1 saturated heterocycles. The number of rotatable bonds is 6. The van der Waals surface area contributed by atoms with E-state index < -0.39 is 0 Å². The maximum absolute atomic E-state index is 12.4. The number of carbonyl (C=O) groups is 2. The number of amides is 2. The first-order chi connectivity index (χ1) is 11.0. The van der Waals surface area contributed by atoms with Crippen LogP contribution in [0.15, 0.2) is 40.2 Å². The van der Waals surface area contributed by atoms with Crippen molar-refractivity contribution in [1.29, 1.82) is 0 Å². The van der Waals surface area contributed by atoms with Crippen molar-refractivity contribution in [2.45, 2.75) is 26.3 Å². The average Bonchev–Trinajstić information content (AvgIpc) is 2.80. The predicted octanol–water partition coefficient (Wildman–Crippen LogP) is 4.85. The number of hydrogen-bond acceptors (Lipinski definition) is 4. The second kappa shape index (κ2) is 7.84. The highest BCUT2D eigenvalue weighted by Crippen LogP contribution is 2.35. The molecule has 122 valence electrons. The van der Waals surface area contributed by atoms with Crippen molar-refractivity contribution in [2.75, 3.05) is 6.61 Å². The van der Waals surface area contributed by atoms with Crippen LogP contribution in [0.4, 0.5) is 4.79 Å². The van der Waals surface area contributed by atoms with Crippen molar-refractivity contribution in [1.82, 2.24) is 4.90 Å². The summed E-state index contributed by atoms with van der Waals surface area (Å²) < 4.78 is 6.28. The lowest BCUT2D eigenvalue weighted by Crippen LogP contribution is -2.36. The fourth-order valence-corrected chi connectivity index (χ4v) is 3.51. The second-order valence-corrected chi connectivity index (χ2v) is 6.95. The zero-order valence-electron chi connectivity index (χ0n) is 13.0. The largest absolute Gasteiger partial charge is 0.488 e. The molecule has 1 heterocycles. The summed E-state index contributed by atoms with van der Waals surface area (Å²) in [5.74, 6) is 0.479. The van der Waals surface area contributed by atoms with E-state index in [0.717, 1.165) is 28.2 Å². The van der Waals surface area contributed by atoms with Gasteiger partial charge < -0.3 is 4.74 Å². The van der Waals surface area contributed by atoms with Gasteiger partial charge >= 0.3 is 0 Å². The number of halogens is 1. The Labute approximate surface area is 148 Å². The number of benzene rings is 1. The summed E-state index contributed by atoms with van der Waals surface area (Å²) in [6.07, 6.45) is 4.15. The van der Waals surface area contributed by atoms with Crippen LogP contribution in [0.3, 0.4) is 0 Å². The highest BCUT2D eigenvalue weighted by Gasteiger charge is 2.37. The van der Waals surface area contributed by atoms with Crippen molar-refractivity contribution < 1.29 is 14.3 Å². The lowest BCUT2D eigenvalue weighted by molar-refractivity contribution is -0.124. The molecular weight excluding hydrogens is 378 g/mol. The molecule has 1 fully saturated rings. The summed E-state index contributed by atoms with van der Waals surface area (Å²) in [4.78, 5) is 26.2. The van der Waals surface area contributed by atoms with Gasteiger partial charge in [-0.05, 0) is 64.8 Å². The number of carbonyl (C=O) groups excluding carboxylic acids is 2. The number of hydrogen-bond donors (Lipinski definition) is 0. The van der Waals surface area contributed by atoms with Gasteiger partial charge in [-0.25, -0.2) is 0 Å². The molecule has 0 unspecified atom stereocenters. The van der Waals surface area contributed by atoms with E-state index in [0.29, 0.717) is 17.3 Å². The molecule has 1 aliphatic heterocycles.